The van der Waals surface area contributed by atoms with E-state index >= 15 is 0 Å². The Kier molecular flexibility index (Phi) is 4.63. The number of nitrogens with zero attached hydrogens (tertiary/aromatic N) is 2. The molecule has 1 aliphatic carbocycles. The monoisotopic (exact) mass is 320 g/mol. The van der Waals surface area contributed by atoms with Gasteiger partial charge in [0.25, 0.3) is 5.91 Å². The molecule has 126 valence electrons. The Hall–Kier alpha value is -2.11. The molecule has 2 fully saturated rings. The normalized spacial score (nSPS) is 25.4. The minimum absolute atomic E-state index is 0.0641. The first kappa shape index (κ1) is 17.2. The second kappa shape index (κ2) is 6.18. The molecule has 2 unspecified atom stereocenters. The van der Waals surface area contributed by atoms with Crippen molar-refractivity contribution in [3.63, 3.8) is 0 Å². The molecule has 1 aliphatic heterocycles. The molecule has 0 radical (unpaired) electrons. The predicted molar refractivity (Wildman–Crippen MR) is 85.2 cm³/mol. The first-order valence-electron chi connectivity index (χ1n) is 7.72. The van der Waals surface area contributed by atoms with Crippen LogP contribution in [0.15, 0.2) is 24.3 Å². The lowest BCUT2D eigenvalue weighted by molar-refractivity contribution is -0.149. The summed E-state index contributed by atoms with van der Waals surface area (Å²) in [5.74, 6) is -0.664. The van der Waals surface area contributed by atoms with Crippen LogP contribution in [-0.2, 0) is 14.3 Å². The molecule has 2 atom stereocenters. The summed E-state index contributed by atoms with van der Waals surface area (Å²) in [4.78, 5) is 38.3. The van der Waals surface area contributed by atoms with Crippen LogP contribution in [0.25, 0.3) is 0 Å². The topological polar surface area (TPSA) is 66.9 Å². The van der Waals surface area contributed by atoms with Crippen LogP contribution >= 0.6 is 0 Å². The van der Waals surface area contributed by atoms with Crippen molar-refractivity contribution < 1.29 is 19.1 Å². The SMILES string of the molecule is C=CCN1C(=O)CN(COC(=O)C2C(C=C(C)C)C2(C)C)C1=O. The van der Waals surface area contributed by atoms with E-state index in [0.29, 0.717) is 0 Å². The van der Waals surface area contributed by atoms with Crippen LogP contribution in [0.3, 0.4) is 0 Å². The number of hydrogen-bond donors (Lipinski definition) is 0. The molecule has 0 aromatic rings. The molecule has 6 heteroatoms. The predicted octanol–water partition coefficient (Wildman–Crippen LogP) is 2.18. The molecule has 1 saturated heterocycles. The number of carbonyl (C=O) groups is 3. The third-order valence-electron chi connectivity index (χ3n) is 4.48. The van der Waals surface area contributed by atoms with Gasteiger partial charge >= 0.3 is 12.0 Å². The number of imide groups is 1. The van der Waals surface area contributed by atoms with E-state index in [1.807, 2.05) is 27.7 Å². The molecule has 2 rings (SSSR count). The van der Waals surface area contributed by atoms with E-state index in [-0.39, 0.29) is 48.9 Å². The van der Waals surface area contributed by atoms with Crippen molar-refractivity contribution in [2.75, 3.05) is 19.8 Å². The lowest BCUT2D eigenvalue weighted by Crippen LogP contribution is -2.35. The molecule has 6 nitrogen and oxygen atoms in total. The van der Waals surface area contributed by atoms with Crippen LogP contribution < -0.4 is 0 Å². The second-order valence-corrected chi connectivity index (χ2v) is 6.93. The number of rotatable bonds is 6. The molecular formula is C17H24N2O4. The zero-order valence-electron chi connectivity index (χ0n) is 14.2. The van der Waals surface area contributed by atoms with E-state index in [1.54, 1.807) is 0 Å². The Morgan fingerprint density at radius 1 is 1.39 bits per heavy atom. The lowest BCUT2D eigenvalue weighted by atomic mass is 10.1. The smallest absolute Gasteiger partial charge is 0.330 e. The van der Waals surface area contributed by atoms with Crippen molar-refractivity contribution in [3.8, 4) is 0 Å². The van der Waals surface area contributed by atoms with Crippen molar-refractivity contribution in [2.45, 2.75) is 27.7 Å². The molecule has 0 bridgehead atoms. The number of ether oxygens (including phenoxy) is 1. The number of allylic oxidation sites excluding steroid dienone is 2. The summed E-state index contributed by atoms with van der Waals surface area (Å²) in [6, 6.07) is -0.446. The molecule has 23 heavy (non-hydrogen) atoms. The molecule has 0 aromatic carbocycles. The van der Waals surface area contributed by atoms with E-state index in [1.165, 1.54) is 16.5 Å². The summed E-state index contributed by atoms with van der Waals surface area (Å²) in [6.45, 7) is 11.5. The lowest BCUT2D eigenvalue weighted by Gasteiger charge is -2.16. The zero-order chi connectivity index (χ0) is 17.4. The van der Waals surface area contributed by atoms with Crippen molar-refractivity contribution >= 4 is 17.9 Å². The maximum absolute atomic E-state index is 12.3. The van der Waals surface area contributed by atoms with Crippen LogP contribution in [0.4, 0.5) is 4.79 Å². The maximum Gasteiger partial charge on any atom is 0.330 e. The van der Waals surface area contributed by atoms with Gasteiger partial charge in [0, 0.05) is 6.54 Å². The Balaban J connectivity index is 1.91. The van der Waals surface area contributed by atoms with E-state index in [0.717, 1.165) is 4.90 Å². The summed E-state index contributed by atoms with van der Waals surface area (Å²) in [6.07, 6.45) is 3.57. The van der Waals surface area contributed by atoms with Crippen LogP contribution in [-0.4, -0.2) is 47.5 Å². The number of amides is 3. The zero-order valence-corrected chi connectivity index (χ0v) is 14.2. The fraction of sp³-hybridized carbons (Fsp3) is 0.588. The minimum Gasteiger partial charge on any atom is -0.444 e. The third kappa shape index (κ3) is 3.30. The molecule has 2 aliphatic rings. The van der Waals surface area contributed by atoms with Crippen LogP contribution in [0.1, 0.15) is 27.7 Å². The Morgan fingerprint density at radius 2 is 2.04 bits per heavy atom. The van der Waals surface area contributed by atoms with Crippen LogP contribution in [0.5, 0.6) is 0 Å². The number of carbonyl (C=O) groups excluding carboxylic acids is 3. The van der Waals surface area contributed by atoms with Crippen LogP contribution in [0.2, 0.25) is 0 Å². The quantitative estimate of drug-likeness (QED) is 0.427. The van der Waals surface area contributed by atoms with Crippen LogP contribution in [0, 0.1) is 17.3 Å². The van der Waals surface area contributed by atoms with Gasteiger partial charge in [0.1, 0.15) is 6.54 Å². The van der Waals surface area contributed by atoms with Gasteiger partial charge in [-0.2, -0.15) is 0 Å². The summed E-state index contributed by atoms with van der Waals surface area (Å²) in [5.41, 5.74) is 1.03. The van der Waals surface area contributed by atoms with Crippen molar-refractivity contribution in [3.05, 3.63) is 24.3 Å². The summed E-state index contributed by atoms with van der Waals surface area (Å²) < 4.78 is 5.27. The van der Waals surface area contributed by atoms with Crippen molar-refractivity contribution in [2.24, 2.45) is 17.3 Å². The van der Waals surface area contributed by atoms with Gasteiger partial charge in [0.05, 0.1) is 5.92 Å². The van der Waals surface area contributed by atoms with Crippen molar-refractivity contribution in [1.82, 2.24) is 9.80 Å². The Bertz CT molecular complexity index is 575. The highest BCUT2D eigenvalue weighted by Gasteiger charge is 2.61. The highest BCUT2D eigenvalue weighted by molar-refractivity contribution is 6.02. The highest BCUT2D eigenvalue weighted by Crippen LogP contribution is 2.59. The third-order valence-corrected chi connectivity index (χ3v) is 4.48. The minimum atomic E-state index is -0.446. The maximum atomic E-state index is 12.3. The largest absolute Gasteiger partial charge is 0.444 e. The van der Waals surface area contributed by atoms with Gasteiger partial charge < -0.3 is 4.74 Å². The fourth-order valence-corrected chi connectivity index (χ4v) is 3.03. The van der Waals surface area contributed by atoms with E-state index < -0.39 is 6.03 Å². The summed E-state index contributed by atoms with van der Waals surface area (Å²) >= 11 is 0. The molecule has 1 heterocycles. The number of urea groups is 1. The summed E-state index contributed by atoms with van der Waals surface area (Å²) in [7, 11) is 0. The second-order valence-electron chi connectivity index (χ2n) is 6.93. The standard InChI is InChI=1S/C17H24N2O4/c1-6-7-19-13(20)9-18(16(19)22)10-23-15(21)14-12(8-11(2)3)17(14,4)5/h6,8,12,14H,1,7,9-10H2,2-5H3. The highest BCUT2D eigenvalue weighted by atomic mass is 16.5. The number of hydrogen-bond acceptors (Lipinski definition) is 4. The van der Waals surface area contributed by atoms with E-state index in [4.69, 9.17) is 4.74 Å². The van der Waals surface area contributed by atoms with Gasteiger partial charge in [-0.3, -0.25) is 19.4 Å². The van der Waals surface area contributed by atoms with Gasteiger partial charge in [0.2, 0.25) is 0 Å². The Morgan fingerprint density at radius 3 is 2.61 bits per heavy atom. The summed E-state index contributed by atoms with van der Waals surface area (Å²) in [5, 5.41) is 0. The molecule has 0 aromatic heterocycles. The molecule has 3 amide bonds. The first-order chi connectivity index (χ1) is 10.7. The van der Waals surface area contributed by atoms with Gasteiger partial charge in [-0.15, -0.1) is 6.58 Å². The van der Waals surface area contributed by atoms with Crippen molar-refractivity contribution in [1.29, 1.82) is 0 Å². The van der Waals surface area contributed by atoms with Gasteiger partial charge in [-0.1, -0.05) is 31.6 Å². The van der Waals surface area contributed by atoms with Gasteiger partial charge in [-0.05, 0) is 25.2 Å². The number of esters is 1. The molecule has 0 spiro atoms. The molecule has 0 N–H and O–H groups in total. The fourth-order valence-electron chi connectivity index (χ4n) is 3.03. The van der Waals surface area contributed by atoms with Gasteiger partial charge in [0.15, 0.2) is 6.73 Å². The first-order valence-corrected chi connectivity index (χ1v) is 7.72. The molecular weight excluding hydrogens is 296 g/mol. The molecule has 1 saturated carbocycles. The van der Waals surface area contributed by atoms with Gasteiger partial charge in [-0.25, -0.2) is 4.79 Å². The Labute approximate surface area is 136 Å². The van der Waals surface area contributed by atoms with E-state index in [9.17, 15) is 14.4 Å². The average Bonchev–Trinajstić information content (AvgIpc) is 2.87. The van der Waals surface area contributed by atoms with E-state index in [2.05, 4.69) is 12.7 Å². The average molecular weight is 320 g/mol.